The second-order valence-corrected chi connectivity index (χ2v) is 4.19. The SMILES string of the molecule is COC(C)(C)C(N)Cc1cnccc1N. The highest BCUT2D eigenvalue weighted by Gasteiger charge is 2.26. The van der Waals surface area contributed by atoms with E-state index in [4.69, 9.17) is 16.2 Å². The minimum atomic E-state index is -0.359. The first-order valence-corrected chi connectivity index (χ1v) is 4.96. The summed E-state index contributed by atoms with van der Waals surface area (Å²) in [5, 5.41) is 0. The number of rotatable bonds is 4. The molecule has 1 heterocycles. The lowest BCUT2D eigenvalue weighted by Crippen LogP contribution is -2.46. The predicted molar refractivity (Wildman–Crippen MR) is 61.4 cm³/mol. The van der Waals surface area contributed by atoms with Gasteiger partial charge in [-0.05, 0) is 31.9 Å². The number of aromatic nitrogens is 1. The Balaban J connectivity index is 2.75. The van der Waals surface area contributed by atoms with Crippen LogP contribution in [0, 0.1) is 0 Å². The number of anilines is 1. The topological polar surface area (TPSA) is 74.2 Å². The summed E-state index contributed by atoms with van der Waals surface area (Å²) in [5.41, 5.74) is 13.2. The summed E-state index contributed by atoms with van der Waals surface area (Å²) in [6, 6.07) is 1.68. The molecule has 0 amide bonds. The third-order valence-electron chi connectivity index (χ3n) is 2.80. The number of ether oxygens (including phenoxy) is 1. The van der Waals surface area contributed by atoms with E-state index in [1.54, 1.807) is 25.6 Å². The van der Waals surface area contributed by atoms with Crippen LogP contribution in [0.15, 0.2) is 18.5 Å². The van der Waals surface area contributed by atoms with Gasteiger partial charge in [0.15, 0.2) is 0 Å². The van der Waals surface area contributed by atoms with E-state index in [9.17, 15) is 0 Å². The lowest BCUT2D eigenvalue weighted by atomic mass is 9.93. The standard InChI is InChI=1S/C11H19N3O/c1-11(2,15-3)10(13)6-8-7-14-5-4-9(8)12/h4-5,7,10H,6,13H2,1-3H3,(H2,12,14). The van der Waals surface area contributed by atoms with E-state index < -0.39 is 0 Å². The van der Waals surface area contributed by atoms with Gasteiger partial charge in [0, 0.05) is 31.2 Å². The van der Waals surface area contributed by atoms with Crippen LogP contribution in [0.5, 0.6) is 0 Å². The fourth-order valence-corrected chi connectivity index (χ4v) is 1.24. The van der Waals surface area contributed by atoms with Gasteiger partial charge in [0.05, 0.1) is 5.60 Å². The number of nitrogen functional groups attached to an aromatic ring is 1. The molecular weight excluding hydrogens is 190 g/mol. The van der Waals surface area contributed by atoms with Crippen LogP contribution in [-0.4, -0.2) is 23.7 Å². The average molecular weight is 209 g/mol. The minimum Gasteiger partial charge on any atom is -0.398 e. The van der Waals surface area contributed by atoms with Gasteiger partial charge in [0.2, 0.25) is 0 Å². The van der Waals surface area contributed by atoms with Gasteiger partial charge in [-0.25, -0.2) is 0 Å². The lowest BCUT2D eigenvalue weighted by Gasteiger charge is -2.30. The number of hydrogen-bond donors (Lipinski definition) is 2. The molecule has 4 nitrogen and oxygen atoms in total. The maximum atomic E-state index is 6.05. The van der Waals surface area contributed by atoms with Gasteiger partial charge in [0.1, 0.15) is 0 Å². The molecule has 0 spiro atoms. The number of hydrogen-bond acceptors (Lipinski definition) is 4. The first kappa shape index (κ1) is 11.9. The zero-order chi connectivity index (χ0) is 11.5. The van der Waals surface area contributed by atoms with Gasteiger partial charge in [-0.3, -0.25) is 4.98 Å². The molecule has 1 aromatic heterocycles. The molecule has 0 aliphatic carbocycles. The molecule has 4 N–H and O–H groups in total. The largest absolute Gasteiger partial charge is 0.398 e. The van der Waals surface area contributed by atoms with E-state index in [1.807, 2.05) is 13.8 Å². The van der Waals surface area contributed by atoms with Gasteiger partial charge in [-0.15, -0.1) is 0 Å². The average Bonchev–Trinajstić information content (AvgIpc) is 2.21. The van der Waals surface area contributed by atoms with Crippen molar-refractivity contribution in [3.8, 4) is 0 Å². The Morgan fingerprint density at radius 1 is 1.53 bits per heavy atom. The maximum absolute atomic E-state index is 6.05. The van der Waals surface area contributed by atoms with Crippen LogP contribution in [0.3, 0.4) is 0 Å². The predicted octanol–water partition coefficient (Wildman–Crippen LogP) is 0.959. The first-order valence-electron chi connectivity index (χ1n) is 4.96. The van der Waals surface area contributed by atoms with Crippen molar-refractivity contribution in [2.75, 3.05) is 12.8 Å². The highest BCUT2D eigenvalue weighted by Crippen LogP contribution is 2.18. The Labute approximate surface area is 90.6 Å². The molecule has 15 heavy (non-hydrogen) atoms. The molecule has 1 rings (SSSR count). The molecule has 1 unspecified atom stereocenters. The van der Waals surface area contributed by atoms with E-state index in [1.165, 1.54) is 0 Å². The normalized spacial score (nSPS) is 13.9. The summed E-state index contributed by atoms with van der Waals surface area (Å²) in [6.07, 6.45) is 4.09. The van der Waals surface area contributed by atoms with Crippen molar-refractivity contribution in [1.82, 2.24) is 4.98 Å². The van der Waals surface area contributed by atoms with Crippen LogP contribution in [0.1, 0.15) is 19.4 Å². The van der Waals surface area contributed by atoms with Crippen molar-refractivity contribution in [3.63, 3.8) is 0 Å². The van der Waals surface area contributed by atoms with Crippen LogP contribution in [0.25, 0.3) is 0 Å². The van der Waals surface area contributed by atoms with Gasteiger partial charge >= 0.3 is 0 Å². The molecule has 0 fully saturated rings. The van der Waals surface area contributed by atoms with Crippen molar-refractivity contribution in [2.45, 2.75) is 31.9 Å². The maximum Gasteiger partial charge on any atom is 0.0776 e. The van der Waals surface area contributed by atoms with Crippen LogP contribution in [0.2, 0.25) is 0 Å². The molecular formula is C11H19N3O. The summed E-state index contributed by atoms with van der Waals surface area (Å²) in [7, 11) is 1.66. The Morgan fingerprint density at radius 3 is 2.73 bits per heavy atom. The van der Waals surface area contributed by atoms with Gasteiger partial charge in [-0.1, -0.05) is 0 Å². The third kappa shape index (κ3) is 2.91. The third-order valence-corrected chi connectivity index (χ3v) is 2.80. The van der Waals surface area contributed by atoms with Crippen molar-refractivity contribution in [2.24, 2.45) is 5.73 Å². The summed E-state index contributed by atoms with van der Waals surface area (Å²) >= 11 is 0. The van der Waals surface area contributed by atoms with Crippen LogP contribution in [-0.2, 0) is 11.2 Å². The molecule has 84 valence electrons. The second kappa shape index (κ2) is 4.59. The zero-order valence-electron chi connectivity index (χ0n) is 9.53. The molecule has 4 heteroatoms. The van der Waals surface area contributed by atoms with Gasteiger partial charge in [0.25, 0.3) is 0 Å². The van der Waals surface area contributed by atoms with Gasteiger partial charge < -0.3 is 16.2 Å². The molecule has 0 aliphatic heterocycles. The molecule has 0 saturated carbocycles. The van der Waals surface area contributed by atoms with Crippen molar-refractivity contribution >= 4 is 5.69 Å². The quantitative estimate of drug-likeness (QED) is 0.774. The van der Waals surface area contributed by atoms with E-state index in [0.29, 0.717) is 6.42 Å². The number of nitrogens with zero attached hydrogens (tertiary/aromatic N) is 1. The van der Waals surface area contributed by atoms with Crippen molar-refractivity contribution < 1.29 is 4.74 Å². The Morgan fingerprint density at radius 2 is 2.20 bits per heavy atom. The van der Waals surface area contributed by atoms with E-state index in [2.05, 4.69) is 4.98 Å². The van der Waals surface area contributed by atoms with Crippen molar-refractivity contribution in [1.29, 1.82) is 0 Å². The minimum absolute atomic E-state index is 0.103. The fourth-order valence-electron chi connectivity index (χ4n) is 1.24. The summed E-state index contributed by atoms with van der Waals surface area (Å²) in [6.45, 7) is 3.93. The summed E-state index contributed by atoms with van der Waals surface area (Å²) < 4.78 is 5.33. The Hall–Kier alpha value is -1.13. The highest BCUT2D eigenvalue weighted by atomic mass is 16.5. The van der Waals surface area contributed by atoms with Crippen molar-refractivity contribution in [3.05, 3.63) is 24.0 Å². The van der Waals surface area contributed by atoms with Crippen LogP contribution < -0.4 is 11.5 Å². The first-order chi connectivity index (χ1) is 6.97. The molecule has 0 radical (unpaired) electrons. The Bertz CT molecular complexity index is 325. The van der Waals surface area contributed by atoms with E-state index in [0.717, 1.165) is 11.3 Å². The molecule has 0 saturated heterocycles. The number of pyridine rings is 1. The highest BCUT2D eigenvalue weighted by molar-refractivity contribution is 5.44. The number of nitrogens with two attached hydrogens (primary N) is 2. The zero-order valence-corrected chi connectivity index (χ0v) is 9.53. The fraction of sp³-hybridized carbons (Fsp3) is 0.545. The van der Waals surface area contributed by atoms with E-state index in [-0.39, 0.29) is 11.6 Å². The van der Waals surface area contributed by atoms with E-state index >= 15 is 0 Å². The monoisotopic (exact) mass is 209 g/mol. The summed E-state index contributed by atoms with van der Waals surface area (Å²) in [4.78, 5) is 4.03. The summed E-state index contributed by atoms with van der Waals surface area (Å²) in [5.74, 6) is 0. The molecule has 0 aliphatic rings. The Kier molecular flexibility index (Phi) is 3.66. The van der Waals surface area contributed by atoms with Crippen LogP contribution in [0.4, 0.5) is 5.69 Å². The van der Waals surface area contributed by atoms with Gasteiger partial charge in [-0.2, -0.15) is 0 Å². The molecule has 0 bridgehead atoms. The molecule has 1 aromatic rings. The lowest BCUT2D eigenvalue weighted by molar-refractivity contribution is 0.000831. The second-order valence-electron chi connectivity index (χ2n) is 4.19. The van der Waals surface area contributed by atoms with Crippen LogP contribution >= 0.6 is 0 Å². The number of methoxy groups -OCH3 is 1. The smallest absolute Gasteiger partial charge is 0.0776 e. The molecule has 0 aromatic carbocycles. The molecule has 1 atom stereocenters.